The highest BCUT2D eigenvalue weighted by Gasteiger charge is 1.99. The van der Waals surface area contributed by atoms with Crippen LogP contribution < -0.4 is 5.32 Å². The molecule has 0 aromatic carbocycles. The van der Waals surface area contributed by atoms with Crippen LogP contribution in [0.5, 0.6) is 0 Å². The molecule has 0 saturated heterocycles. The summed E-state index contributed by atoms with van der Waals surface area (Å²) < 4.78 is 16.0. The van der Waals surface area contributed by atoms with Crippen molar-refractivity contribution in [1.82, 2.24) is 5.32 Å². The lowest BCUT2D eigenvalue weighted by atomic mass is 10.1. The van der Waals surface area contributed by atoms with Crippen LogP contribution in [0.3, 0.4) is 0 Å². The van der Waals surface area contributed by atoms with Crippen molar-refractivity contribution < 1.29 is 19.0 Å². The Balaban J connectivity index is -0.000000406. The summed E-state index contributed by atoms with van der Waals surface area (Å²) in [5, 5.41) is 2.76. The van der Waals surface area contributed by atoms with E-state index in [0.717, 1.165) is 51.3 Å². The molecule has 0 radical (unpaired) electrons. The zero-order valence-electron chi connectivity index (χ0n) is 23.3. The molecule has 0 rings (SSSR count). The predicted octanol–water partition coefficient (Wildman–Crippen LogP) is 6.88. The van der Waals surface area contributed by atoms with Gasteiger partial charge in [0, 0.05) is 46.0 Å². The Bertz CT molecular complexity index is 353. The zero-order chi connectivity index (χ0) is 25.0. The second-order valence-electron chi connectivity index (χ2n) is 8.76. The molecule has 3 unspecified atom stereocenters. The number of unbranched alkanes of at least 4 members (excludes halogenated alkanes) is 2. The predicted molar refractivity (Wildman–Crippen MR) is 139 cm³/mol. The Morgan fingerprint density at radius 2 is 1.16 bits per heavy atom. The monoisotopic (exact) mass is 461 g/mol. The van der Waals surface area contributed by atoms with Crippen LogP contribution in [0.25, 0.3) is 0 Å². The highest BCUT2D eigenvalue weighted by molar-refractivity contribution is 5.75. The molecule has 3 atom stereocenters. The van der Waals surface area contributed by atoms with Crippen molar-refractivity contribution in [2.45, 2.75) is 107 Å². The highest BCUT2D eigenvalue weighted by atomic mass is 16.5. The number of hydrogen-bond donors (Lipinski definition) is 1. The number of nitrogens with one attached hydrogen (secondary N) is 1. The largest absolute Gasteiger partial charge is 0.381 e. The molecule has 5 nitrogen and oxygen atoms in total. The lowest BCUT2D eigenvalue weighted by Gasteiger charge is -2.09. The van der Waals surface area contributed by atoms with Gasteiger partial charge in [0.1, 0.15) is 0 Å². The lowest BCUT2D eigenvalue weighted by Crippen LogP contribution is -2.26. The number of carbonyl (C=O) groups excluding carboxylic acids is 1. The molecular weight excluding hydrogens is 402 g/mol. The van der Waals surface area contributed by atoms with Crippen LogP contribution in [0.2, 0.25) is 0 Å². The molecule has 0 saturated carbocycles. The average molecular weight is 462 g/mol. The van der Waals surface area contributed by atoms with Crippen molar-refractivity contribution in [3.05, 3.63) is 0 Å². The van der Waals surface area contributed by atoms with Crippen molar-refractivity contribution in [3.63, 3.8) is 0 Å². The maximum absolute atomic E-state index is 10.8. The van der Waals surface area contributed by atoms with Crippen LogP contribution in [-0.2, 0) is 19.0 Å². The Morgan fingerprint density at radius 3 is 1.56 bits per heavy atom. The minimum atomic E-state index is 0.0899. The number of carbonyl (C=O) groups is 1. The van der Waals surface area contributed by atoms with Gasteiger partial charge in [0.2, 0.25) is 5.91 Å². The van der Waals surface area contributed by atoms with Gasteiger partial charge in [-0.05, 0) is 31.1 Å². The van der Waals surface area contributed by atoms with E-state index in [0.29, 0.717) is 25.5 Å². The normalized spacial score (nSPS) is 13.2. The molecule has 1 N–H and O–H groups in total. The third kappa shape index (κ3) is 34.0. The number of hydrogen-bond acceptors (Lipinski definition) is 4. The van der Waals surface area contributed by atoms with Gasteiger partial charge in [-0.3, -0.25) is 4.79 Å². The summed E-state index contributed by atoms with van der Waals surface area (Å²) in [7, 11) is 0. The maximum Gasteiger partial charge on any atom is 0.219 e. The fraction of sp³-hybridized carbons (Fsp3) is 0.963. The lowest BCUT2D eigenvalue weighted by molar-refractivity contribution is -0.121. The van der Waals surface area contributed by atoms with E-state index in [4.69, 9.17) is 14.2 Å². The fourth-order valence-electron chi connectivity index (χ4n) is 2.08. The van der Waals surface area contributed by atoms with Gasteiger partial charge in [-0.25, -0.2) is 0 Å². The van der Waals surface area contributed by atoms with Crippen LogP contribution in [0.1, 0.15) is 107 Å². The van der Waals surface area contributed by atoms with Crippen molar-refractivity contribution in [2.24, 2.45) is 17.8 Å². The standard InChI is InChI=1S/C10H21NO2.C10H22O.C7H16O/c1-4-9(3)8-13-7-6-11-10(12)5-2;1-4-6-7-8-11-9-10(3)5-2;1-4-7(3)6-8-5-2/h9H,4-8H2,1-3H3,(H,11,12);10H,4-9H2,1-3H3;7H,4-6H2,1-3H3. The van der Waals surface area contributed by atoms with Gasteiger partial charge in [0.25, 0.3) is 0 Å². The van der Waals surface area contributed by atoms with E-state index in [1.54, 1.807) is 0 Å². The van der Waals surface area contributed by atoms with Crippen molar-refractivity contribution in [3.8, 4) is 0 Å². The quantitative estimate of drug-likeness (QED) is 0.226. The smallest absolute Gasteiger partial charge is 0.219 e. The van der Waals surface area contributed by atoms with Crippen LogP contribution >= 0.6 is 0 Å². The van der Waals surface area contributed by atoms with Crippen molar-refractivity contribution in [2.75, 3.05) is 46.2 Å². The molecule has 0 spiro atoms. The number of amides is 1. The second-order valence-corrected chi connectivity index (χ2v) is 8.76. The highest BCUT2D eigenvalue weighted by Crippen LogP contribution is 2.02. The molecule has 1 amide bonds. The molecule has 0 aromatic heterocycles. The zero-order valence-corrected chi connectivity index (χ0v) is 23.3. The number of rotatable bonds is 18. The van der Waals surface area contributed by atoms with E-state index in [1.807, 2.05) is 13.8 Å². The van der Waals surface area contributed by atoms with Crippen LogP contribution in [0, 0.1) is 17.8 Å². The molecule has 0 aromatic rings. The van der Waals surface area contributed by atoms with Gasteiger partial charge < -0.3 is 19.5 Å². The van der Waals surface area contributed by atoms with Gasteiger partial charge in [0.15, 0.2) is 0 Å². The molecule has 0 aliphatic rings. The summed E-state index contributed by atoms with van der Waals surface area (Å²) in [5.74, 6) is 2.17. The minimum Gasteiger partial charge on any atom is -0.381 e. The third-order valence-corrected chi connectivity index (χ3v) is 5.28. The van der Waals surface area contributed by atoms with Crippen LogP contribution in [0.15, 0.2) is 0 Å². The topological polar surface area (TPSA) is 56.8 Å². The van der Waals surface area contributed by atoms with Crippen molar-refractivity contribution in [1.29, 1.82) is 0 Å². The second kappa shape index (κ2) is 30.4. The van der Waals surface area contributed by atoms with Gasteiger partial charge in [0.05, 0.1) is 6.61 Å². The minimum absolute atomic E-state index is 0.0899. The van der Waals surface area contributed by atoms with E-state index in [9.17, 15) is 4.79 Å². The first kappa shape index (κ1) is 35.9. The van der Waals surface area contributed by atoms with Gasteiger partial charge in [-0.2, -0.15) is 0 Å². The Morgan fingerprint density at radius 1 is 0.688 bits per heavy atom. The summed E-state index contributed by atoms with van der Waals surface area (Å²) in [4.78, 5) is 10.8. The number of ether oxygens (including phenoxy) is 3. The first-order chi connectivity index (χ1) is 15.3. The summed E-state index contributed by atoms with van der Waals surface area (Å²) in [5.41, 5.74) is 0. The summed E-state index contributed by atoms with van der Waals surface area (Å²) in [6, 6.07) is 0. The molecule has 0 heterocycles. The van der Waals surface area contributed by atoms with E-state index in [2.05, 4.69) is 53.8 Å². The average Bonchev–Trinajstić information content (AvgIpc) is 2.82. The summed E-state index contributed by atoms with van der Waals surface area (Å²) >= 11 is 0. The summed E-state index contributed by atoms with van der Waals surface area (Å²) in [6.07, 6.45) is 7.96. The Labute approximate surface area is 201 Å². The van der Waals surface area contributed by atoms with E-state index >= 15 is 0 Å². The van der Waals surface area contributed by atoms with E-state index in [1.165, 1.54) is 32.1 Å². The first-order valence-electron chi connectivity index (χ1n) is 13.3. The third-order valence-electron chi connectivity index (χ3n) is 5.28. The van der Waals surface area contributed by atoms with Gasteiger partial charge >= 0.3 is 0 Å². The molecule has 196 valence electrons. The van der Waals surface area contributed by atoms with Crippen molar-refractivity contribution >= 4 is 5.91 Å². The molecule has 5 heteroatoms. The van der Waals surface area contributed by atoms with Crippen LogP contribution in [0.4, 0.5) is 0 Å². The fourth-order valence-corrected chi connectivity index (χ4v) is 2.08. The SMILES string of the molecule is CCC(=O)NCCOCC(C)CC.CCCCCOCC(C)CC.CCOCC(C)CC. The molecule has 0 aliphatic carbocycles. The summed E-state index contributed by atoms with van der Waals surface area (Å²) in [6.45, 7) is 24.9. The first-order valence-corrected chi connectivity index (χ1v) is 13.3. The molecular formula is C27H59NO4. The molecule has 0 aliphatic heterocycles. The molecule has 32 heavy (non-hydrogen) atoms. The van der Waals surface area contributed by atoms with Crippen LogP contribution in [-0.4, -0.2) is 52.1 Å². The maximum atomic E-state index is 10.8. The van der Waals surface area contributed by atoms with Gasteiger partial charge in [-0.15, -0.1) is 0 Å². The van der Waals surface area contributed by atoms with Gasteiger partial charge in [-0.1, -0.05) is 87.5 Å². The van der Waals surface area contributed by atoms with E-state index < -0.39 is 0 Å². The molecule has 0 fully saturated rings. The Hall–Kier alpha value is -0.650. The molecule has 0 bridgehead atoms. The Kier molecular flexibility index (Phi) is 34.1. The van der Waals surface area contributed by atoms with E-state index in [-0.39, 0.29) is 5.91 Å².